The summed E-state index contributed by atoms with van der Waals surface area (Å²) in [6.45, 7) is 3.05. The van der Waals surface area contributed by atoms with E-state index in [0.29, 0.717) is 11.5 Å². The predicted octanol–water partition coefficient (Wildman–Crippen LogP) is 2.04. The molecule has 1 aromatic carbocycles. The van der Waals surface area contributed by atoms with Gasteiger partial charge in [-0.3, -0.25) is 0 Å². The highest BCUT2D eigenvalue weighted by molar-refractivity contribution is 6.33. The first-order valence-corrected chi connectivity index (χ1v) is 7.45. The van der Waals surface area contributed by atoms with Crippen molar-refractivity contribution in [3.63, 3.8) is 0 Å². The van der Waals surface area contributed by atoms with Gasteiger partial charge in [-0.05, 0) is 18.2 Å². The number of halogens is 2. The third-order valence-electron chi connectivity index (χ3n) is 3.59. The van der Waals surface area contributed by atoms with E-state index in [4.69, 9.17) is 11.6 Å². The molecule has 1 fully saturated rings. The third-order valence-corrected chi connectivity index (χ3v) is 3.91. The van der Waals surface area contributed by atoms with Gasteiger partial charge in [0.1, 0.15) is 11.4 Å². The van der Waals surface area contributed by atoms with Gasteiger partial charge in [0.05, 0.1) is 10.7 Å². The lowest BCUT2D eigenvalue weighted by Gasteiger charge is -2.27. The number of carboxylic acids is 1. The summed E-state index contributed by atoms with van der Waals surface area (Å²) in [6, 6.07) is 3.78. The van der Waals surface area contributed by atoms with E-state index in [-0.39, 0.29) is 16.3 Å². The molecule has 0 radical (unpaired) electrons. The fourth-order valence-electron chi connectivity index (χ4n) is 2.43. The number of benzene rings is 1. The van der Waals surface area contributed by atoms with Crippen LogP contribution in [0.5, 0.6) is 0 Å². The zero-order valence-electron chi connectivity index (χ0n) is 12.1. The molecule has 120 valence electrons. The number of carboxylic acid groups (broad SMARTS) is 1. The molecule has 1 saturated heterocycles. The van der Waals surface area contributed by atoms with Crippen molar-refractivity contribution < 1.29 is 14.3 Å². The summed E-state index contributed by atoms with van der Waals surface area (Å²) >= 11 is 6.06. The number of nitrogens with one attached hydrogen (secondary N) is 1. The number of carbonyl (C=O) groups is 1. The largest absolute Gasteiger partial charge is 0.478 e. The molecule has 3 rings (SSSR count). The number of hydrogen-bond donors (Lipinski definition) is 2. The number of aromatic nitrogens is 2. The molecule has 2 N–H and O–H groups in total. The fourth-order valence-corrected chi connectivity index (χ4v) is 2.69. The van der Waals surface area contributed by atoms with E-state index in [1.165, 1.54) is 18.3 Å². The lowest BCUT2D eigenvalue weighted by molar-refractivity contribution is 0.0697. The molecule has 0 saturated carbocycles. The maximum Gasteiger partial charge on any atom is 0.339 e. The van der Waals surface area contributed by atoms with Crippen molar-refractivity contribution in [3.05, 3.63) is 40.8 Å². The second-order valence-electron chi connectivity index (χ2n) is 5.10. The topological polar surface area (TPSA) is 78.3 Å². The van der Waals surface area contributed by atoms with Crippen LogP contribution < -0.4 is 10.2 Å². The van der Waals surface area contributed by atoms with Gasteiger partial charge in [0.25, 0.3) is 0 Å². The predicted molar refractivity (Wildman–Crippen MR) is 84.5 cm³/mol. The van der Waals surface area contributed by atoms with Crippen LogP contribution in [0, 0.1) is 5.82 Å². The Hall–Kier alpha value is -2.25. The van der Waals surface area contributed by atoms with Crippen LogP contribution >= 0.6 is 11.6 Å². The number of aromatic carboxylic acids is 1. The SMILES string of the molecule is O=C(O)c1cnc(N2CCNCC2)nc1-c1ccc(F)cc1Cl. The molecule has 6 nitrogen and oxygen atoms in total. The minimum Gasteiger partial charge on any atom is -0.478 e. The summed E-state index contributed by atoms with van der Waals surface area (Å²) in [5.74, 6) is -1.22. The second-order valence-corrected chi connectivity index (χ2v) is 5.51. The Labute approximate surface area is 136 Å². The lowest BCUT2D eigenvalue weighted by Crippen LogP contribution is -2.44. The molecule has 23 heavy (non-hydrogen) atoms. The highest BCUT2D eigenvalue weighted by Gasteiger charge is 2.21. The molecule has 2 heterocycles. The molecular weight excluding hydrogens is 323 g/mol. The van der Waals surface area contributed by atoms with Crippen LogP contribution in [0.2, 0.25) is 5.02 Å². The van der Waals surface area contributed by atoms with Gasteiger partial charge < -0.3 is 15.3 Å². The van der Waals surface area contributed by atoms with Crippen molar-refractivity contribution in [1.29, 1.82) is 0 Å². The zero-order valence-corrected chi connectivity index (χ0v) is 12.8. The van der Waals surface area contributed by atoms with Crippen LogP contribution in [0.4, 0.5) is 10.3 Å². The van der Waals surface area contributed by atoms with Gasteiger partial charge in [-0.25, -0.2) is 19.2 Å². The van der Waals surface area contributed by atoms with Crippen molar-refractivity contribution in [2.75, 3.05) is 31.1 Å². The zero-order chi connectivity index (χ0) is 16.4. The Morgan fingerprint density at radius 2 is 2.09 bits per heavy atom. The number of hydrogen-bond acceptors (Lipinski definition) is 5. The van der Waals surface area contributed by atoms with E-state index in [9.17, 15) is 14.3 Å². The van der Waals surface area contributed by atoms with E-state index >= 15 is 0 Å². The first-order valence-electron chi connectivity index (χ1n) is 7.07. The summed E-state index contributed by atoms with van der Waals surface area (Å²) in [5, 5.41) is 12.7. The molecule has 2 aromatic rings. The normalized spacial score (nSPS) is 14.8. The molecule has 1 aliphatic rings. The van der Waals surface area contributed by atoms with E-state index in [2.05, 4.69) is 15.3 Å². The molecule has 0 aliphatic carbocycles. The summed E-state index contributed by atoms with van der Waals surface area (Å²) in [6.07, 6.45) is 1.27. The first kappa shape index (κ1) is 15.6. The average molecular weight is 337 g/mol. The quantitative estimate of drug-likeness (QED) is 0.893. The molecule has 1 aromatic heterocycles. The fraction of sp³-hybridized carbons (Fsp3) is 0.267. The average Bonchev–Trinajstić information content (AvgIpc) is 2.55. The summed E-state index contributed by atoms with van der Waals surface area (Å²) < 4.78 is 13.2. The summed E-state index contributed by atoms with van der Waals surface area (Å²) in [7, 11) is 0. The molecule has 8 heteroatoms. The van der Waals surface area contributed by atoms with Gasteiger partial charge in [-0.1, -0.05) is 11.6 Å². The van der Waals surface area contributed by atoms with E-state index in [1.54, 1.807) is 0 Å². The van der Waals surface area contributed by atoms with Crippen molar-refractivity contribution in [3.8, 4) is 11.3 Å². The second kappa shape index (κ2) is 6.47. The third kappa shape index (κ3) is 3.25. The van der Waals surface area contributed by atoms with E-state index < -0.39 is 11.8 Å². The maximum absolute atomic E-state index is 13.2. The van der Waals surface area contributed by atoms with Crippen LogP contribution in [-0.2, 0) is 0 Å². The van der Waals surface area contributed by atoms with Gasteiger partial charge in [-0.15, -0.1) is 0 Å². The lowest BCUT2D eigenvalue weighted by atomic mass is 10.1. The number of rotatable bonds is 3. The van der Waals surface area contributed by atoms with Crippen LogP contribution in [0.3, 0.4) is 0 Å². The van der Waals surface area contributed by atoms with Crippen LogP contribution in [0.15, 0.2) is 24.4 Å². The Balaban J connectivity index is 2.09. The highest BCUT2D eigenvalue weighted by Crippen LogP contribution is 2.30. The molecule has 1 aliphatic heterocycles. The first-order chi connectivity index (χ1) is 11.1. The van der Waals surface area contributed by atoms with Crippen LogP contribution in [0.1, 0.15) is 10.4 Å². The van der Waals surface area contributed by atoms with Gasteiger partial charge >= 0.3 is 5.97 Å². The standard InChI is InChI=1S/C15H14ClFN4O2/c16-12-7-9(17)1-2-10(12)13-11(14(22)23)8-19-15(20-13)21-5-3-18-4-6-21/h1-2,7-8,18H,3-6H2,(H,22,23). The van der Waals surface area contributed by atoms with Crippen molar-refractivity contribution in [2.45, 2.75) is 0 Å². The van der Waals surface area contributed by atoms with Gasteiger partial charge in [0.2, 0.25) is 5.95 Å². The van der Waals surface area contributed by atoms with E-state index in [1.807, 2.05) is 4.90 Å². The number of anilines is 1. The Kier molecular flexibility index (Phi) is 4.40. The Morgan fingerprint density at radius 1 is 1.35 bits per heavy atom. The molecular formula is C15H14ClFN4O2. The molecule has 0 unspecified atom stereocenters. The summed E-state index contributed by atoms with van der Waals surface area (Å²) in [5.41, 5.74) is 0.479. The van der Waals surface area contributed by atoms with Crippen LogP contribution in [-0.4, -0.2) is 47.2 Å². The molecule has 0 atom stereocenters. The van der Waals surface area contributed by atoms with Crippen molar-refractivity contribution in [1.82, 2.24) is 15.3 Å². The Morgan fingerprint density at radius 3 is 2.74 bits per heavy atom. The molecule has 0 amide bonds. The van der Waals surface area contributed by atoms with Gasteiger partial charge in [0, 0.05) is 37.9 Å². The summed E-state index contributed by atoms with van der Waals surface area (Å²) in [4.78, 5) is 21.9. The minimum atomic E-state index is -1.16. The van der Waals surface area contributed by atoms with Crippen molar-refractivity contribution >= 4 is 23.5 Å². The van der Waals surface area contributed by atoms with Crippen LogP contribution in [0.25, 0.3) is 11.3 Å². The highest BCUT2D eigenvalue weighted by atomic mass is 35.5. The number of piperazine rings is 1. The monoisotopic (exact) mass is 336 g/mol. The molecule has 0 spiro atoms. The van der Waals surface area contributed by atoms with E-state index in [0.717, 1.165) is 32.2 Å². The molecule has 0 bridgehead atoms. The van der Waals surface area contributed by atoms with Gasteiger partial charge in [0.15, 0.2) is 0 Å². The smallest absolute Gasteiger partial charge is 0.339 e. The maximum atomic E-state index is 13.2. The minimum absolute atomic E-state index is 0.0719. The Bertz CT molecular complexity index is 750. The van der Waals surface area contributed by atoms with Crippen molar-refractivity contribution in [2.24, 2.45) is 0 Å². The number of nitrogens with zero attached hydrogens (tertiary/aromatic N) is 3. The van der Waals surface area contributed by atoms with Gasteiger partial charge in [-0.2, -0.15) is 0 Å².